The maximum atomic E-state index is 11.0. The van der Waals surface area contributed by atoms with E-state index in [0.29, 0.717) is 6.42 Å². The lowest BCUT2D eigenvalue weighted by molar-refractivity contribution is -0.121. The number of nitrogens with one attached hydrogen (secondary N) is 1. The van der Waals surface area contributed by atoms with Crippen molar-refractivity contribution in [1.82, 2.24) is 5.32 Å². The first-order valence-corrected chi connectivity index (χ1v) is 4.93. The highest BCUT2D eigenvalue weighted by Gasteiger charge is 1.98. The highest BCUT2D eigenvalue weighted by atomic mass is 16.1. The first kappa shape index (κ1) is 11.5. The zero-order valence-electron chi connectivity index (χ0n) is 8.52. The molecule has 0 rings (SSSR count). The average molecular weight is 171 g/mol. The molecule has 0 bridgehead atoms. The molecule has 0 aliphatic carbocycles. The predicted octanol–water partition coefficient (Wildman–Crippen LogP) is 2.34. The van der Waals surface area contributed by atoms with E-state index in [1.165, 1.54) is 6.42 Å². The Morgan fingerprint density at radius 3 is 2.58 bits per heavy atom. The maximum Gasteiger partial charge on any atom is 0.219 e. The Bertz CT molecular complexity index is 121. The Morgan fingerprint density at radius 2 is 2.08 bits per heavy atom. The van der Waals surface area contributed by atoms with Crippen molar-refractivity contribution in [3.63, 3.8) is 0 Å². The number of carbonyl (C=O) groups excluding carboxylic acids is 1. The molecular formula is C10H21NO. The van der Waals surface area contributed by atoms with E-state index in [2.05, 4.69) is 19.2 Å². The van der Waals surface area contributed by atoms with Gasteiger partial charge in [-0.05, 0) is 25.2 Å². The minimum atomic E-state index is 0.196. The van der Waals surface area contributed by atoms with Crippen LogP contribution in [0.3, 0.4) is 0 Å². The van der Waals surface area contributed by atoms with Crippen LogP contribution < -0.4 is 5.32 Å². The average Bonchev–Trinajstić information content (AvgIpc) is 1.98. The monoisotopic (exact) mass is 171 g/mol. The van der Waals surface area contributed by atoms with Gasteiger partial charge in [0, 0.05) is 13.0 Å². The molecule has 0 aromatic heterocycles. The van der Waals surface area contributed by atoms with Gasteiger partial charge in [-0.15, -0.1) is 0 Å². The largest absolute Gasteiger partial charge is 0.356 e. The molecule has 0 aliphatic heterocycles. The first-order valence-electron chi connectivity index (χ1n) is 4.93. The van der Waals surface area contributed by atoms with Gasteiger partial charge in [0.1, 0.15) is 0 Å². The van der Waals surface area contributed by atoms with Crippen LogP contribution in [0.4, 0.5) is 0 Å². The van der Waals surface area contributed by atoms with Gasteiger partial charge in [-0.3, -0.25) is 4.79 Å². The molecule has 2 heteroatoms. The van der Waals surface area contributed by atoms with Crippen LogP contribution in [-0.4, -0.2) is 12.5 Å². The van der Waals surface area contributed by atoms with Crippen molar-refractivity contribution in [2.75, 3.05) is 6.54 Å². The smallest absolute Gasteiger partial charge is 0.219 e. The molecule has 0 aliphatic rings. The van der Waals surface area contributed by atoms with E-state index in [1.54, 1.807) is 0 Å². The van der Waals surface area contributed by atoms with E-state index >= 15 is 0 Å². The van der Waals surface area contributed by atoms with Gasteiger partial charge in [0.2, 0.25) is 5.91 Å². The summed E-state index contributed by atoms with van der Waals surface area (Å²) in [6, 6.07) is 0. The molecule has 2 nitrogen and oxygen atoms in total. The third-order valence-electron chi connectivity index (χ3n) is 1.76. The van der Waals surface area contributed by atoms with E-state index in [9.17, 15) is 4.79 Å². The Morgan fingerprint density at radius 1 is 1.42 bits per heavy atom. The van der Waals surface area contributed by atoms with Gasteiger partial charge in [-0.25, -0.2) is 0 Å². The summed E-state index contributed by atoms with van der Waals surface area (Å²) in [5.74, 6) is 0.939. The van der Waals surface area contributed by atoms with Gasteiger partial charge in [0.05, 0.1) is 0 Å². The van der Waals surface area contributed by atoms with Gasteiger partial charge in [-0.1, -0.05) is 20.8 Å². The normalized spacial score (nSPS) is 10.3. The Balaban J connectivity index is 3.14. The standard InChI is InChI=1S/C10H21NO/c1-4-6-10(12)11-8-5-7-9(2)3/h9H,4-8H2,1-3H3,(H,11,12). The first-order chi connectivity index (χ1) is 5.66. The summed E-state index contributed by atoms with van der Waals surface area (Å²) in [7, 11) is 0. The molecule has 0 saturated heterocycles. The number of carbonyl (C=O) groups is 1. The lowest BCUT2D eigenvalue weighted by Gasteiger charge is -2.05. The summed E-state index contributed by atoms with van der Waals surface area (Å²) in [4.78, 5) is 11.0. The minimum absolute atomic E-state index is 0.196. The highest BCUT2D eigenvalue weighted by molar-refractivity contribution is 5.75. The quantitative estimate of drug-likeness (QED) is 0.611. The van der Waals surface area contributed by atoms with Crippen LogP contribution in [0.5, 0.6) is 0 Å². The molecule has 0 unspecified atom stereocenters. The fraction of sp³-hybridized carbons (Fsp3) is 0.900. The van der Waals surface area contributed by atoms with E-state index in [4.69, 9.17) is 0 Å². The topological polar surface area (TPSA) is 29.1 Å². The van der Waals surface area contributed by atoms with Crippen LogP contribution >= 0.6 is 0 Å². The lowest BCUT2D eigenvalue weighted by atomic mass is 10.1. The molecule has 0 spiro atoms. The third-order valence-corrected chi connectivity index (χ3v) is 1.76. The number of hydrogen-bond acceptors (Lipinski definition) is 1. The van der Waals surface area contributed by atoms with Crippen molar-refractivity contribution >= 4 is 5.91 Å². The molecule has 0 atom stereocenters. The molecule has 12 heavy (non-hydrogen) atoms. The molecule has 1 amide bonds. The highest BCUT2D eigenvalue weighted by Crippen LogP contribution is 2.01. The van der Waals surface area contributed by atoms with E-state index in [-0.39, 0.29) is 5.91 Å². The second kappa shape index (κ2) is 7.14. The zero-order valence-corrected chi connectivity index (χ0v) is 8.52. The number of rotatable bonds is 6. The maximum absolute atomic E-state index is 11.0. The molecule has 0 aromatic carbocycles. The molecule has 72 valence electrons. The SMILES string of the molecule is CCCC(=O)NCCCC(C)C. The fourth-order valence-corrected chi connectivity index (χ4v) is 1.05. The van der Waals surface area contributed by atoms with Crippen molar-refractivity contribution < 1.29 is 4.79 Å². The van der Waals surface area contributed by atoms with Crippen LogP contribution in [0.25, 0.3) is 0 Å². The van der Waals surface area contributed by atoms with E-state index in [1.807, 2.05) is 6.92 Å². The summed E-state index contributed by atoms with van der Waals surface area (Å²) >= 11 is 0. The van der Waals surface area contributed by atoms with Crippen molar-refractivity contribution in [1.29, 1.82) is 0 Å². The Kier molecular flexibility index (Phi) is 6.82. The summed E-state index contributed by atoms with van der Waals surface area (Å²) in [6.07, 6.45) is 3.91. The molecule has 1 N–H and O–H groups in total. The summed E-state index contributed by atoms with van der Waals surface area (Å²) in [5, 5.41) is 2.90. The van der Waals surface area contributed by atoms with Gasteiger partial charge >= 0.3 is 0 Å². The zero-order chi connectivity index (χ0) is 9.40. The molecule has 0 heterocycles. The summed E-state index contributed by atoms with van der Waals surface area (Å²) < 4.78 is 0. The van der Waals surface area contributed by atoms with Crippen molar-refractivity contribution in [2.45, 2.75) is 46.5 Å². The second-order valence-corrected chi connectivity index (χ2v) is 3.64. The van der Waals surface area contributed by atoms with Crippen molar-refractivity contribution in [2.24, 2.45) is 5.92 Å². The molecule has 0 radical (unpaired) electrons. The lowest BCUT2D eigenvalue weighted by Crippen LogP contribution is -2.23. The van der Waals surface area contributed by atoms with Crippen LogP contribution in [0.1, 0.15) is 46.5 Å². The molecular weight excluding hydrogens is 150 g/mol. The van der Waals surface area contributed by atoms with Gasteiger partial charge in [0.15, 0.2) is 0 Å². The van der Waals surface area contributed by atoms with Crippen molar-refractivity contribution in [3.05, 3.63) is 0 Å². The fourth-order valence-electron chi connectivity index (χ4n) is 1.05. The van der Waals surface area contributed by atoms with E-state index in [0.717, 1.165) is 25.3 Å². The Labute approximate surface area is 75.7 Å². The van der Waals surface area contributed by atoms with Crippen molar-refractivity contribution in [3.8, 4) is 0 Å². The second-order valence-electron chi connectivity index (χ2n) is 3.64. The predicted molar refractivity (Wildman–Crippen MR) is 52.0 cm³/mol. The number of amides is 1. The van der Waals surface area contributed by atoms with Crippen LogP contribution in [0, 0.1) is 5.92 Å². The van der Waals surface area contributed by atoms with Gasteiger partial charge < -0.3 is 5.32 Å². The van der Waals surface area contributed by atoms with E-state index < -0.39 is 0 Å². The van der Waals surface area contributed by atoms with Crippen LogP contribution in [0.2, 0.25) is 0 Å². The van der Waals surface area contributed by atoms with Crippen LogP contribution in [0.15, 0.2) is 0 Å². The summed E-state index contributed by atoms with van der Waals surface area (Å²) in [6.45, 7) is 7.27. The van der Waals surface area contributed by atoms with Gasteiger partial charge in [-0.2, -0.15) is 0 Å². The molecule has 0 saturated carbocycles. The molecule has 0 aromatic rings. The molecule has 0 fully saturated rings. The summed E-state index contributed by atoms with van der Waals surface area (Å²) in [5.41, 5.74) is 0. The van der Waals surface area contributed by atoms with Gasteiger partial charge in [0.25, 0.3) is 0 Å². The van der Waals surface area contributed by atoms with Crippen LogP contribution in [-0.2, 0) is 4.79 Å². The number of hydrogen-bond donors (Lipinski definition) is 1. The Hall–Kier alpha value is -0.530. The minimum Gasteiger partial charge on any atom is -0.356 e. The third kappa shape index (κ3) is 7.58.